The molecule has 2 aromatic rings. The largest absolute Gasteiger partial charge is 0.397 e. The summed E-state index contributed by atoms with van der Waals surface area (Å²) in [6.07, 6.45) is 2.26. The summed E-state index contributed by atoms with van der Waals surface area (Å²) >= 11 is 0. The Labute approximate surface area is 98.6 Å². The first-order chi connectivity index (χ1) is 8.09. The number of rotatable bonds is 0. The van der Waals surface area contributed by atoms with Crippen molar-refractivity contribution >= 4 is 22.5 Å². The van der Waals surface area contributed by atoms with Crippen molar-refractivity contribution in [3.63, 3.8) is 0 Å². The molecule has 0 aliphatic heterocycles. The zero-order valence-electron chi connectivity index (χ0n) is 9.95. The maximum atomic E-state index is 11.9. The van der Waals surface area contributed by atoms with E-state index in [1.54, 1.807) is 4.68 Å². The van der Waals surface area contributed by atoms with E-state index in [0.29, 0.717) is 17.7 Å². The molecule has 0 amide bonds. The van der Waals surface area contributed by atoms with E-state index in [2.05, 4.69) is 10.1 Å². The van der Waals surface area contributed by atoms with Crippen LogP contribution in [0.15, 0.2) is 0 Å². The standard InChI is InChI=1S/C12H14N4O/c1-6-9-11(13)10-7(4-3-5-8(10)17)14-12(9)16(2)15-6/h3-5H2,1-2H3,(H2,13,14). The zero-order valence-corrected chi connectivity index (χ0v) is 9.95. The third-order valence-electron chi connectivity index (χ3n) is 3.36. The van der Waals surface area contributed by atoms with Crippen molar-refractivity contribution in [1.82, 2.24) is 14.8 Å². The summed E-state index contributed by atoms with van der Waals surface area (Å²) in [7, 11) is 1.85. The van der Waals surface area contributed by atoms with Gasteiger partial charge in [0.1, 0.15) is 0 Å². The van der Waals surface area contributed by atoms with E-state index < -0.39 is 0 Å². The van der Waals surface area contributed by atoms with Gasteiger partial charge in [-0.1, -0.05) is 0 Å². The SMILES string of the molecule is Cc1nn(C)c2nc3c(c(N)c12)C(=O)CCC3. The van der Waals surface area contributed by atoms with Gasteiger partial charge in [-0.15, -0.1) is 0 Å². The molecule has 0 spiro atoms. The van der Waals surface area contributed by atoms with Gasteiger partial charge in [0.2, 0.25) is 0 Å². The number of nitrogens with zero attached hydrogens (tertiary/aromatic N) is 3. The number of aromatic nitrogens is 3. The lowest BCUT2D eigenvalue weighted by Crippen LogP contribution is -2.16. The lowest BCUT2D eigenvalue weighted by Gasteiger charge is -2.16. The molecule has 5 nitrogen and oxygen atoms in total. The topological polar surface area (TPSA) is 73.8 Å². The summed E-state index contributed by atoms with van der Waals surface area (Å²) < 4.78 is 1.72. The molecule has 1 aliphatic rings. The average Bonchev–Trinajstić information content (AvgIpc) is 2.55. The molecule has 0 aromatic carbocycles. The number of hydrogen-bond donors (Lipinski definition) is 1. The van der Waals surface area contributed by atoms with E-state index in [4.69, 9.17) is 5.73 Å². The Balaban J connectivity index is 2.45. The van der Waals surface area contributed by atoms with Crippen molar-refractivity contribution < 1.29 is 4.79 Å². The molecule has 1 aliphatic carbocycles. The monoisotopic (exact) mass is 230 g/mol. The molecular weight excluding hydrogens is 216 g/mol. The first-order valence-corrected chi connectivity index (χ1v) is 5.74. The number of ketones is 1. The second-order valence-electron chi connectivity index (χ2n) is 4.53. The maximum absolute atomic E-state index is 11.9. The number of carbonyl (C=O) groups is 1. The molecule has 88 valence electrons. The quantitative estimate of drug-likeness (QED) is 0.742. The molecule has 0 bridgehead atoms. The Kier molecular flexibility index (Phi) is 1.98. The Bertz CT molecular complexity index is 642. The van der Waals surface area contributed by atoms with Crippen LogP contribution in [0, 0.1) is 6.92 Å². The number of hydrogen-bond acceptors (Lipinski definition) is 4. The smallest absolute Gasteiger partial charge is 0.166 e. The number of carbonyl (C=O) groups excluding carboxylic acids is 1. The fourth-order valence-electron chi connectivity index (χ4n) is 2.59. The summed E-state index contributed by atoms with van der Waals surface area (Å²) in [4.78, 5) is 16.5. The molecule has 0 fully saturated rings. The van der Waals surface area contributed by atoms with Crippen LogP contribution in [0.25, 0.3) is 11.0 Å². The van der Waals surface area contributed by atoms with Gasteiger partial charge in [-0.3, -0.25) is 9.48 Å². The number of nitrogens with two attached hydrogens (primary N) is 1. The van der Waals surface area contributed by atoms with Gasteiger partial charge in [-0.05, 0) is 19.8 Å². The minimum absolute atomic E-state index is 0.112. The summed E-state index contributed by atoms with van der Waals surface area (Å²) in [5.74, 6) is 0.112. The summed E-state index contributed by atoms with van der Waals surface area (Å²) in [5.41, 5.74) is 9.74. The molecule has 2 N–H and O–H groups in total. The molecule has 2 heterocycles. The number of Topliss-reactive ketones (excluding diaryl/α,β-unsaturated/α-hetero) is 1. The van der Waals surface area contributed by atoms with Crippen molar-refractivity contribution in [3.05, 3.63) is 17.0 Å². The van der Waals surface area contributed by atoms with Crippen molar-refractivity contribution in [3.8, 4) is 0 Å². The van der Waals surface area contributed by atoms with Gasteiger partial charge in [0.15, 0.2) is 11.4 Å². The highest BCUT2D eigenvalue weighted by molar-refractivity contribution is 6.09. The number of aryl methyl sites for hydroxylation is 3. The highest BCUT2D eigenvalue weighted by Crippen LogP contribution is 2.32. The Morgan fingerprint density at radius 2 is 2.12 bits per heavy atom. The first kappa shape index (κ1) is 10.3. The van der Waals surface area contributed by atoms with Gasteiger partial charge < -0.3 is 5.73 Å². The molecule has 3 rings (SSSR count). The predicted molar refractivity (Wildman–Crippen MR) is 64.9 cm³/mol. The summed E-state index contributed by atoms with van der Waals surface area (Å²) in [6.45, 7) is 1.89. The van der Waals surface area contributed by atoms with Crippen molar-refractivity contribution in [2.45, 2.75) is 26.2 Å². The highest BCUT2D eigenvalue weighted by Gasteiger charge is 2.25. The average molecular weight is 230 g/mol. The van der Waals surface area contributed by atoms with Crippen LogP contribution in [0.4, 0.5) is 5.69 Å². The van der Waals surface area contributed by atoms with Crippen LogP contribution in [0.3, 0.4) is 0 Å². The van der Waals surface area contributed by atoms with Crippen LogP contribution in [-0.4, -0.2) is 20.5 Å². The Morgan fingerprint density at radius 3 is 2.88 bits per heavy atom. The molecule has 0 radical (unpaired) electrons. The zero-order chi connectivity index (χ0) is 12.2. The van der Waals surface area contributed by atoms with Gasteiger partial charge in [0, 0.05) is 13.5 Å². The molecule has 17 heavy (non-hydrogen) atoms. The van der Waals surface area contributed by atoms with Crippen LogP contribution in [-0.2, 0) is 13.5 Å². The van der Waals surface area contributed by atoms with E-state index >= 15 is 0 Å². The third-order valence-corrected chi connectivity index (χ3v) is 3.36. The van der Waals surface area contributed by atoms with Gasteiger partial charge >= 0.3 is 0 Å². The van der Waals surface area contributed by atoms with Crippen molar-refractivity contribution in [1.29, 1.82) is 0 Å². The van der Waals surface area contributed by atoms with Crippen LogP contribution in [0.5, 0.6) is 0 Å². The van der Waals surface area contributed by atoms with Crippen molar-refractivity contribution in [2.75, 3.05) is 5.73 Å². The first-order valence-electron chi connectivity index (χ1n) is 5.74. The van der Waals surface area contributed by atoms with Gasteiger partial charge in [0.25, 0.3) is 0 Å². The molecule has 0 saturated heterocycles. The number of nitrogen functional groups attached to an aromatic ring is 1. The fraction of sp³-hybridized carbons (Fsp3) is 0.417. The minimum atomic E-state index is 0.112. The third kappa shape index (κ3) is 1.28. The van der Waals surface area contributed by atoms with E-state index in [0.717, 1.165) is 35.3 Å². The lowest BCUT2D eigenvalue weighted by atomic mass is 9.92. The van der Waals surface area contributed by atoms with E-state index in [-0.39, 0.29) is 5.78 Å². The predicted octanol–water partition coefficient (Wildman–Crippen LogP) is 1.38. The molecule has 0 atom stereocenters. The number of pyridine rings is 1. The molecule has 0 unspecified atom stereocenters. The van der Waals surface area contributed by atoms with E-state index in [1.165, 1.54) is 0 Å². The van der Waals surface area contributed by atoms with Crippen LogP contribution < -0.4 is 5.73 Å². The maximum Gasteiger partial charge on any atom is 0.166 e. The van der Waals surface area contributed by atoms with Gasteiger partial charge in [-0.2, -0.15) is 5.10 Å². The summed E-state index contributed by atoms with van der Waals surface area (Å²) in [5, 5.41) is 5.13. The lowest BCUT2D eigenvalue weighted by molar-refractivity contribution is 0.0972. The van der Waals surface area contributed by atoms with E-state index in [1.807, 2.05) is 14.0 Å². The van der Waals surface area contributed by atoms with E-state index in [9.17, 15) is 4.79 Å². The van der Waals surface area contributed by atoms with Gasteiger partial charge in [-0.25, -0.2) is 4.98 Å². The van der Waals surface area contributed by atoms with Gasteiger partial charge in [0.05, 0.1) is 28.0 Å². The molecular formula is C12H14N4O. The Morgan fingerprint density at radius 1 is 1.35 bits per heavy atom. The number of fused-ring (bicyclic) bond motifs is 2. The molecule has 0 saturated carbocycles. The van der Waals surface area contributed by atoms with Crippen molar-refractivity contribution in [2.24, 2.45) is 7.05 Å². The number of anilines is 1. The van der Waals surface area contributed by atoms with Crippen LogP contribution in [0.1, 0.15) is 34.6 Å². The minimum Gasteiger partial charge on any atom is -0.397 e. The summed E-state index contributed by atoms with van der Waals surface area (Å²) in [6, 6.07) is 0. The second kappa shape index (κ2) is 3.29. The fourth-order valence-corrected chi connectivity index (χ4v) is 2.59. The molecule has 5 heteroatoms. The van der Waals surface area contributed by atoms with Crippen LogP contribution >= 0.6 is 0 Å². The van der Waals surface area contributed by atoms with Crippen LogP contribution in [0.2, 0.25) is 0 Å². The second-order valence-corrected chi connectivity index (χ2v) is 4.53. The molecule has 2 aromatic heterocycles. The highest BCUT2D eigenvalue weighted by atomic mass is 16.1. The normalized spacial score (nSPS) is 15.3. The Hall–Kier alpha value is -1.91.